The zero-order chi connectivity index (χ0) is 26.5. The van der Waals surface area contributed by atoms with E-state index in [1.54, 1.807) is 0 Å². The van der Waals surface area contributed by atoms with Crippen LogP contribution in [0.15, 0.2) is 0 Å². The first-order valence-corrected chi connectivity index (χ1v) is 12.7. The van der Waals surface area contributed by atoms with Crippen LogP contribution in [0.3, 0.4) is 0 Å². The number of hydrogen-bond acceptors (Lipinski definition) is 6. The fourth-order valence-electron chi connectivity index (χ4n) is 2.49. The predicted octanol–water partition coefficient (Wildman–Crippen LogP) is 3.70. The summed E-state index contributed by atoms with van der Waals surface area (Å²) in [6.45, 7) is 17.8. The third kappa shape index (κ3) is 23.4. The van der Waals surface area contributed by atoms with Gasteiger partial charge in [0.05, 0.1) is 13.2 Å². The van der Waals surface area contributed by atoms with Crippen molar-refractivity contribution >= 4 is 23.4 Å². The highest BCUT2D eigenvalue weighted by molar-refractivity contribution is 5.80. The first-order chi connectivity index (χ1) is 15.9. The molecule has 200 valence electrons. The van der Waals surface area contributed by atoms with Crippen LogP contribution < -0.4 is 10.6 Å². The number of amides is 2. The Morgan fingerprint density at radius 2 is 1.09 bits per heavy atom. The summed E-state index contributed by atoms with van der Waals surface area (Å²) >= 11 is 0. The minimum atomic E-state index is 0.0123. The van der Waals surface area contributed by atoms with Crippen LogP contribution in [-0.4, -0.2) is 62.4 Å². The Balaban J connectivity index is 0. The molecule has 8 nitrogen and oxygen atoms in total. The van der Waals surface area contributed by atoms with Gasteiger partial charge in [0.25, 0.3) is 0 Å². The van der Waals surface area contributed by atoms with Crippen molar-refractivity contribution < 1.29 is 28.7 Å². The number of nitrogens with one attached hydrogen (secondary N) is 2. The smallest absolute Gasteiger partial charge is 0.222 e. The molecule has 0 saturated heterocycles. The molecule has 0 aromatic heterocycles. The Bertz CT molecular complexity index is 550. The molecule has 0 spiro atoms. The van der Waals surface area contributed by atoms with Gasteiger partial charge in [0.2, 0.25) is 11.8 Å². The second kappa shape index (κ2) is 21.7. The van der Waals surface area contributed by atoms with Gasteiger partial charge in [-0.25, -0.2) is 0 Å². The summed E-state index contributed by atoms with van der Waals surface area (Å²) in [6, 6.07) is 0.172. The van der Waals surface area contributed by atoms with Crippen LogP contribution in [-0.2, 0) is 28.7 Å². The van der Waals surface area contributed by atoms with Crippen LogP contribution in [0.25, 0.3) is 0 Å². The molecule has 0 aliphatic rings. The third-order valence-corrected chi connectivity index (χ3v) is 4.70. The Morgan fingerprint density at radius 3 is 1.50 bits per heavy atom. The third-order valence-electron chi connectivity index (χ3n) is 4.70. The summed E-state index contributed by atoms with van der Waals surface area (Å²) in [6.07, 6.45) is 3.03. The van der Waals surface area contributed by atoms with E-state index in [1.165, 1.54) is 0 Å². The minimum absolute atomic E-state index is 0.0123. The molecule has 0 atom stereocenters. The van der Waals surface area contributed by atoms with E-state index in [2.05, 4.69) is 10.6 Å². The van der Waals surface area contributed by atoms with Crippen molar-refractivity contribution in [2.24, 2.45) is 17.8 Å². The maximum Gasteiger partial charge on any atom is 0.222 e. The largest absolute Gasteiger partial charge is 0.381 e. The number of ether oxygens (including phenoxy) is 2. The lowest BCUT2D eigenvalue weighted by molar-refractivity contribution is -0.124. The second-order valence-corrected chi connectivity index (χ2v) is 9.59. The van der Waals surface area contributed by atoms with Crippen molar-refractivity contribution in [3.05, 3.63) is 0 Å². The molecule has 0 bridgehead atoms. The number of hydrogen-bond donors (Lipinski definition) is 2. The molecule has 0 radical (unpaired) electrons. The maximum absolute atomic E-state index is 11.3. The molecule has 2 amide bonds. The zero-order valence-corrected chi connectivity index (χ0v) is 22.8. The van der Waals surface area contributed by atoms with Gasteiger partial charge in [-0.3, -0.25) is 19.2 Å². The molecule has 0 aliphatic carbocycles. The van der Waals surface area contributed by atoms with Crippen LogP contribution >= 0.6 is 0 Å². The number of carbonyl (C=O) groups is 4. The van der Waals surface area contributed by atoms with Gasteiger partial charge in [-0.1, -0.05) is 41.5 Å². The molecule has 0 aliphatic heterocycles. The van der Waals surface area contributed by atoms with Crippen molar-refractivity contribution in [1.29, 1.82) is 0 Å². The first-order valence-electron chi connectivity index (χ1n) is 12.7. The highest BCUT2D eigenvalue weighted by Crippen LogP contribution is 2.02. The highest BCUT2D eigenvalue weighted by atomic mass is 16.5. The molecular formula is C26H50N2O6. The van der Waals surface area contributed by atoms with Crippen molar-refractivity contribution in [3.8, 4) is 0 Å². The van der Waals surface area contributed by atoms with Crippen molar-refractivity contribution in [1.82, 2.24) is 10.6 Å². The lowest BCUT2D eigenvalue weighted by atomic mass is 10.1. The molecule has 0 heterocycles. The zero-order valence-electron chi connectivity index (χ0n) is 22.8. The van der Waals surface area contributed by atoms with Gasteiger partial charge in [0.1, 0.15) is 11.6 Å². The molecule has 0 aromatic carbocycles. The van der Waals surface area contributed by atoms with Gasteiger partial charge in [-0.05, 0) is 26.7 Å². The summed E-state index contributed by atoms with van der Waals surface area (Å²) in [5.41, 5.74) is 0. The predicted molar refractivity (Wildman–Crippen MR) is 136 cm³/mol. The second-order valence-electron chi connectivity index (χ2n) is 9.59. The first kappa shape index (κ1) is 34.4. The monoisotopic (exact) mass is 486 g/mol. The fourth-order valence-corrected chi connectivity index (χ4v) is 2.49. The van der Waals surface area contributed by atoms with E-state index in [0.29, 0.717) is 52.2 Å². The topological polar surface area (TPSA) is 111 Å². The van der Waals surface area contributed by atoms with Gasteiger partial charge in [-0.15, -0.1) is 0 Å². The Hall–Kier alpha value is -1.80. The number of carbonyl (C=O) groups excluding carboxylic acids is 4. The standard InChI is InChI=1S/2C13H25NO3/c1-10(2)12(15)6-5-8-17-9-7-14-13(16)11(3)4;1-10(2)12(15)6-5-8-17-9-7-13(16)14-11(3)4/h2*10-11H,5-9H2,1-4H3,(H,14,16). The van der Waals surface area contributed by atoms with E-state index < -0.39 is 0 Å². The molecule has 0 fully saturated rings. The van der Waals surface area contributed by atoms with Crippen LogP contribution in [0.1, 0.15) is 87.5 Å². The van der Waals surface area contributed by atoms with Gasteiger partial charge in [0, 0.05) is 62.8 Å². The van der Waals surface area contributed by atoms with Crippen molar-refractivity contribution in [2.75, 3.05) is 33.0 Å². The van der Waals surface area contributed by atoms with Gasteiger partial charge in [0.15, 0.2) is 0 Å². The Kier molecular flexibility index (Phi) is 21.9. The van der Waals surface area contributed by atoms with Crippen LogP contribution in [0.2, 0.25) is 0 Å². The summed E-state index contributed by atoms with van der Waals surface area (Å²) in [5.74, 6) is 0.834. The number of Topliss-reactive ketones (excluding diaryl/α,β-unsaturated/α-hetero) is 2. The lowest BCUT2D eigenvalue weighted by Crippen LogP contribution is -2.30. The van der Waals surface area contributed by atoms with Crippen molar-refractivity contribution in [2.45, 2.75) is 93.5 Å². The molecule has 0 saturated carbocycles. The van der Waals surface area contributed by atoms with E-state index in [9.17, 15) is 19.2 Å². The Morgan fingerprint density at radius 1 is 0.618 bits per heavy atom. The minimum Gasteiger partial charge on any atom is -0.381 e. The van der Waals surface area contributed by atoms with Gasteiger partial charge >= 0.3 is 0 Å². The molecular weight excluding hydrogens is 436 g/mol. The maximum atomic E-state index is 11.3. The van der Waals surface area contributed by atoms with Crippen LogP contribution in [0, 0.1) is 17.8 Å². The summed E-state index contributed by atoms with van der Waals surface area (Å²) in [4.78, 5) is 45.0. The van der Waals surface area contributed by atoms with E-state index in [1.807, 2.05) is 55.4 Å². The number of rotatable bonds is 18. The fraction of sp³-hybridized carbons (Fsp3) is 0.846. The van der Waals surface area contributed by atoms with E-state index >= 15 is 0 Å². The summed E-state index contributed by atoms with van der Waals surface area (Å²) in [5, 5.41) is 5.56. The average molecular weight is 487 g/mol. The quantitative estimate of drug-likeness (QED) is 0.286. The van der Waals surface area contributed by atoms with Crippen molar-refractivity contribution in [3.63, 3.8) is 0 Å². The molecule has 34 heavy (non-hydrogen) atoms. The van der Waals surface area contributed by atoms with E-state index in [4.69, 9.17) is 9.47 Å². The highest BCUT2D eigenvalue weighted by Gasteiger charge is 2.08. The molecule has 0 aromatic rings. The average Bonchev–Trinajstić information content (AvgIpc) is 2.74. The molecule has 0 rings (SSSR count). The number of ketones is 2. The molecule has 2 N–H and O–H groups in total. The van der Waals surface area contributed by atoms with Gasteiger partial charge in [-0.2, -0.15) is 0 Å². The van der Waals surface area contributed by atoms with E-state index in [-0.39, 0.29) is 47.2 Å². The summed E-state index contributed by atoms with van der Waals surface area (Å²) in [7, 11) is 0. The van der Waals surface area contributed by atoms with Gasteiger partial charge < -0.3 is 20.1 Å². The van der Waals surface area contributed by atoms with Crippen LogP contribution in [0.5, 0.6) is 0 Å². The normalized spacial score (nSPS) is 10.9. The Labute approximate surface area is 207 Å². The lowest BCUT2D eigenvalue weighted by Gasteiger charge is -2.08. The molecule has 0 unspecified atom stereocenters. The van der Waals surface area contributed by atoms with E-state index in [0.717, 1.165) is 12.8 Å². The SMILES string of the molecule is CC(C)C(=O)CCCOCCNC(=O)C(C)C.CC(C)NC(=O)CCOCCCC(=O)C(C)C. The van der Waals surface area contributed by atoms with Crippen LogP contribution in [0.4, 0.5) is 0 Å². The summed E-state index contributed by atoms with van der Waals surface area (Å²) < 4.78 is 10.6. The molecule has 8 heteroatoms.